The molecule has 0 amide bonds. The molecule has 1 aliphatic rings. The number of aromatic nitrogens is 2. The molecule has 0 unspecified atom stereocenters. The molecule has 2 atom stereocenters. The lowest BCUT2D eigenvalue weighted by Gasteiger charge is -2.26. The lowest BCUT2D eigenvalue weighted by atomic mass is 10.0. The van der Waals surface area contributed by atoms with Gasteiger partial charge >= 0.3 is 0 Å². The molecular weight excluding hydrogens is 348 g/mol. The van der Waals surface area contributed by atoms with Crippen molar-refractivity contribution in [3.8, 4) is 0 Å². The number of nitrogens with zero attached hydrogens (tertiary/aromatic N) is 3. The molecular formula is C19H18N4S2. The predicted molar refractivity (Wildman–Crippen MR) is 104 cm³/mol. The SMILES string of the molecule is Cc1ccc([C@@H]2[C@@H](c3ccccn3)NC(=S)N2Cc2cccnc2)s1. The maximum Gasteiger partial charge on any atom is 0.170 e. The Labute approximate surface area is 156 Å². The highest BCUT2D eigenvalue weighted by Gasteiger charge is 2.40. The zero-order chi connectivity index (χ0) is 17.2. The second-order valence-corrected chi connectivity index (χ2v) is 7.77. The van der Waals surface area contributed by atoms with Crippen LogP contribution in [0, 0.1) is 6.92 Å². The second kappa shape index (κ2) is 6.90. The molecule has 1 aliphatic heterocycles. The van der Waals surface area contributed by atoms with Gasteiger partial charge in [-0.05, 0) is 55.0 Å². The number of hydrogen-bond donors (Lipinski definition) is 1. The van der Waals surface area contributed by atoms with Gasteiger partial charge in [0.1, 0.15) is 0 Å². The fraction of sp³-hybridized carbons (Fsp3) is 0.211. The van der Waals surface area contributed by atoms with Gasteiger partial charge in [-0.1, -0.05) is 12.1 Å². The monoisotopic (exact) mass is 366 g/mol. The first-order chi connectivity index (χ1) is 12.2. The Morgan fingerprint density at radius 2 is 2.08 bits per heavy atom. The third kappa shape index (κ3) is 3.27. The number of hydrogen-bond acceptors (Lipinski definition) is 4. The van der Waals surface area contributed by atoms with E-state index in [1.807, 2.05) is 41.9 Å². The van der Waals surface area contributed by atoms with Crippen LogP contribution < -0.4 is 5.32 Å². The topological polar surface area (TPSA) is 41.1 Å². The third-order valence-electron chi connectivity index (χ3n) is 4.33. The molecule has 0 radical (unpaired) electrons. The number of thiocarbonyl (C=S) groups is 1. The van der Waals surface area contributed by atoms with Crippen molar-refractivity contribution in [3.05, 3.63) is 82.1 Å². The second-order valence-electron chi connectivity index (χ2n) is 6.06. The minimum Gasteiger partial charge on any atom is -0.352 e. The van der Waals surface area contributed by atoms with Crippen LogP contribution in [0.5, 0.6) is 0 Å². The van der Waals surface area contributed by atoms with E-state index in [1.165, 1.54) is 9.75 Å². The fourth-order valence-corrected chi connectivity index (χ4v) is 4.52. The summed E-state index contributed by atoms with van der Waals surface area (Å²) in [6.45, 7) is 2.86. The normalized spacial score (nSPS) is 19.9. The van der Waals surface area contributed by atoms with Gasteiger partial charge in [-0.2, -0.15) is 0 Å². The molecule has 0 bridgehead atoms. The van der Waals surface area contributed by atoms with Crippen LogP contribution in [-0.2, 0) is 6.54 Å². The van der Waals surface area contributed by atoms with Crippen LogP contribution >= 0.6 is 23.6 Å². The van der Waals surface area contributed by atoms with Gasteiger partial charge < -0.3 is 10.2 Å². The van der Waals surface area contributed by atoms with Crippen molar-refractivity contribution >= 4 is 28.7 Å². The zero-order valence-electron chi connectivity index (χ0n) is 13.8. The van der Waals surface area contributed by atoms with E-state index in [9.17, 15) is 0 Å². The molecule has 6 heteroatoms. The van der Waals surface area contributed by atoms with E-state index in [4.69, 9.17) is 12.2 Å². The van der Waals surface area contributed by atoms with Crippen LogP contribution in [-0.4, -0.2) is 20.0 Å². The summed E-state index contributed by atoms with van der Waals surface area (Å²) in [7, 11) is 0. The Morgan fingerprint density at radius 1 is 1.16 bits per heavy atom. The Kier molecular flexibility index (Phi) is 4.46. The molecule has 0 aromatic carbocycles. The van der Waals surface area contributed by atoms with E-state index in [0.717, 1.165) is 22.9 Å². The van der Waals surface area contributed by atoms with Crippen molar-refractivity contribution in [3.63, 3.8) is 0 Å². The Balaban J connectivity index is 1.72. The average Bonchev–Trinajstić information content (AvgIpc) is 3.20. The van der Waals surface area contributed by atoms with E-state index in [-0.39, 0.29) is 12.1 Å². The van der Waals surface area contributed by atoms with Crippen LogP contribution in [0.15, 0.2) is 61.1 Å². The summed E-state index contributed by atoms with van der Waals surface area (Å²) in [5.41, 5.74) is 2.15. The Hall–Kier alpha value is -2.31. The van der Waals surface area contributed by atoms with Crippen LogP contribution in [0.1, 0.15) is 33.1 Å². The Bertz CT molecular complexity index is 863. The molecule has 126 valence electrons. The molecule has 0 saturated carbocycles. The van der Waals surface area contributed by atoms with Crippen molar-refractivity contribution in [2.24, 2.45) is 0 Å². The number of aryl methyl sites for hydroxylation is 1. The van der Waals surface area contributed by atoms with Gasteiger partial charge in [0.05, 0.1) is 17.8 Å². The molecule has 3 aromatic heterocycles. The number of rotatable bonds is 4. The molecule has 25 heavy (non-hydrogen) atoms. The molecule has 4 nitrogen and oxygen atoms in total. The summed E-state index contributed by atoms with van der Waals surface area (Å²) in [5, 5.41) is 4.24. The molecule has 4 rings (SSSR count). The number of thiophene rings is 1. The minimum absolute atomic E-state index is 0.0448. The van der Waals surface area contributed by atoms with Gasteiger partial charge in [0, 0.05) is 34.9 Å². The fourth-order valence-electron chi connectivity index (χ4n) is 3.19. The molecule has 1 fully saturated rings. The van der Waals surface area contributed by atoms with Crippen LogP contribution in [0.2, 0.25) is 0 Å². The van der Waals surface area contributed by atoms with Gasteiger partial charge in [0.2, 0.25) is 0 Å². The van der Waals surface area contributed by atoms with Crippen LogP contribution in [0.25, 0.3) is 0 Å². The Morgan fingerprint density at radius 3 is 2.76 bits per heavy atom. The van der Waals surface area contributed by atoms with E-state index in [2.05, 4.69) is 51.4 Å². The van der Waals surface area contributed by atoms with Crippen LogP contribution in [0.4, 0.5) is 0 Å². The van der Waals surface area contributed by atoms with E-state index < -0.39 is 0 Å². The van der Waals surface area contributed by atoms with E-state index in [0.29, 0.717) is 0 Å². The first-order valence-electron chi connectivity index (χ1n) is 8.15. The molecule has 0 aliphatic carbocycles. The van der Waals surface area contributed by atoms with Crippen molar-refractivity contribution in [1.82, 2.24) is 20.2 Å². The van der Waals surface area contributed by atoms with Gasteiger partial charge in [-0.25, -0.2) is 0 Å². The van der Waals surface area contributed by atoms with Crippen molar-refractivity contribution in [2.75, 3.05) is 0 Å². The van der Waals surface area contributed by atoms with Crippen LogP contribution in [0.3, 0.4) is 0 Å². The summed E-state index contributed by atoms with van der Waals surface area (Å²) in [6.07, 6.45) is 5.52. The molecule has 0 spiro atoms. The predicted octanol–water partition coefficient (Wildman–Crippen LogP) is 4.02. The largest absolute Gasteiger partial charge is 0.352 e. The zero-order valence-corrected chi connectivity index (χ0v) is 15.4. The molecule has 1 saturated heterocycles. The first kappa shape index (κ1) is 16.2. The first-order valence-corrected chi connectivity index (χ1v) is 9.38. The highest BCUT2D eigenvalue weighted by atomic mass is 32.1. The summed E-state index contributed by atoms with van der Waals surface area (Å²) in [4.78, 5) is 13.6. The summed E-state index contributed by atoms with van der Waals surface area (Å²) in [6, 6.07) is 14.6. The van der Waals surface area contributed by atoms with Gasteiger partial charge in [0.15, 0.2) is 5.11 Å². The molecule has 3 aromatic rings. The van der Waals surface area contributed by atoms with Gasteiger partial charge in [-0.15, -0.1) is 11.3 Å². The highest BCUT2D eigenvalue weighted by molar-refractivity contribution is 7.80. The summed E-state index contributed by atoms with van der Waals surface area (Å²) >= 11 is 7.49. The highest BCUT2D eigenvalue weighted by Crippen LogP contribution is 2.41. The minimum atomic E-state index is 0.0448. The third-order valence-corrected chi connectivity index (χ3v) is 5.75. The van der Waals surface area contributed by atoms with Gasteiger partial charge in [-0.3, -0.25) is 9.97 Å². The molecule has 1 N–H and O–H groups in total. The average molecular weight is 367 g/mol. The van der Waals surface area contributed by atoms with Crippen molar-refractivity contribution in [2.45, 2.75) is 25.6 Å². The summed E-state index contributed by atoms with van der Waals surface area (Å²) < 4.78 is 0. The van der Waals surface area contributed by atoms with E-state index >= 15 is 0 Å². The van der Waals surface area contributed by atoms with Crippen molar-refractivity contribution < 1.29 is 0 Å². The smallest absolute Gasteiger partial charge is 0.170 e. The summed E-state index contributed by atoms with van der Waals surface area (Å²) in [5.74, 6) is 0. The van der Waals surface area contributed by atoms with E-state index in [1.54, 1.807) is 6.20 Å². The van der Waals surface area contributed by atoms with Crippen molar-refractivity contribution in [1.29, 1.82) is 0 Å². The molecule has 4 heterocycles. The maximum absolute atomic E-state index is 5.67. The quantitative estimate of drug-likeness (QED) is 0.706. The number of pyridine rings is 2. The maximum atomic E-state index is 5.67. The number of nitrogens with one attached hydrogen (secondary N) is 1. The lowest BCUT2D eigenvalue weighted by molar-refractivity contribution is 0.315. The van der Waals surface area contributed by atoms with Gasteiger partial charge in [0.25, 0.3) is 0 Å². The standard InChI is InChI=1S/C19H18N4S2/c1-13-7-8-16(25-13)18-17(15-6-2-3-10-21-15)22-19(24)23(18)12-14-5-4-9-20-11-14/h2-11,17-18H,12H2,1H3,(H,22,24)/t17-,18-/m1/s1. The lowest BCUT2D eigenvalue weighted by Crippen LogP contribution is -2.28.